The van der Waals surface area contributed by atoms with E-state index < -0.39 is 0 Å². The fraction of sp³-hybridized carbons (Fsp3) is 0.700. The highest BCUT2D eigenvalue weighted by Gasteiger charge is 2.30. The van der Waals surface area contributed by atoms with E-state index in [1.54, 1.807) is 12.7 Å². The second-order valence-corrected chi connectivity index (χ2v) is 7.94. The zero-order chi connectivity index (χ0) is 16.9. The molecule has 25 heavy (non-hydrogen) atoms. The Bertz CT molecular complexity index is 547. The molecule has 2 heterocycles. The molecular formula is C20H30N4O. The smallest absolute Gasteiger partial charge is 0.0923 e. The first-order chi connectivity index (χ1) is 12.3. The average Bonchev–Trinajstić information content (AvgIpc) is 3.49. The van der Waals surface area contributed by atoms with Crippen LogP contribution in [-0.2, 0) is 17.6 Å². The number of rotatable bonds is 12. The summed E-state index contributed by atoms with van der Waals surface area (Å²) in [6.07, 6.45) is 20.5. The Morgan fingerprint density at radius 3 is 1.68 bits per heavy atom. The number of imidazole rings is 2. The Hall–Kier alpha value is -1.62. The van der Waals surface area contributed by atoms with Crippen LogP contribution in [0, 0.1) is 11.8 Å². The fourth-order valence-electron chi connectivity index (χ4n) is 3.68. The summed E-state index contributed by atoms with van der Waals surface area (Å²) >= 11 is 0. The van der Waals surface area contributed by atoms with Crippen molar-refractivity contribution in [1.82, 2.24) is 19.9 Å². The third kappa shape index (κ3) is 5.70. The van der Waals surface area contributed by atoms with Gasteiger partial charge in [-0.3, -0.25) is 0 Å². The molecule has 4 rings (SSSR count). The Morgan fingerprint density at radius 2 is 1.32 bits per heavy atom. The van der Waals surface area contributed by atoms with Crippen LogP contribution in [0.4, 0.5) is 0 Å². The molecular weight excluding hydrogens is 312 g/mol. The Balaban J connectivity index is 1.31. The van der Waals surface area contributed by atoms with Gasteiger partial charge in [-0.2, -0.15) is 0 Å². The second-order valence-electron chi connectivity index (χ2n) is 7.94. The number of aromatic amines is 2. The van der Waals surface area contributed by atoms with Gasteiger partial charge in [0.1, 0.15) is 0 Å². The van der Waals surface area contributed by atoms with Crippen LogP contribution < -0.4 is 0 Å². The van der Waals surface area contributed by atoms with Crippen LogP contribution in [0.1, 0.15) is 62.8 Å². The fourth-order valence-corrected chi connectivity index (χ4v) is 3.68. The highest BCUT2D eigenvalue weighted by molar-refractivity contribution is 4.96. The van der Waals surface area contributed by atoms with Crippen molar-refractivity contribution in [3.8, 4) is 0 Å². The van der Waals surface area contributed by atoms with E-state index >= 15 is 0 Å². The van der Waals surface area contributed by atoms with E-state index in [0.717, 1.165) is 48.9 Å². The van der Waals surface area contributed by atoms with Crippen molar-refractivity contribution in [1.29, 1.82) is 0 Å². The third-order valence-corrected chi connectivity index (χ3v) is 5.53. The molecule has 2 unspecified atom stereocenters. The topological polar surface area (TPSA) is 66.6 Å². The zero-order valence-electron chi connectivity index (χ0n) is 15.0. The first-order valence-electron chi connectivity index (χ1n) is 9.96. The van der Waals surface area contributed by atoms with Crippen LogP contribution in [0.5, 0.6) is 0 Å². The average molecular weight is 342 g/mol. The summed E-state index contributed by atoms with van der Waals surface area (Å²) < 4.78 is 6.67. The van der Waals surface area contributed by atoms with Gasteiger partial charge in [0, 0.05) is 12.4 Å². The maximum atomic E-state index is 6.67. The molecule has 0 aliphatic heterocycles. The molecule has 0 spiro atoms. The summed E-state index contributed by atoms with van der Waals surface area (Å²) in [5.41, 5.74) is 2.30. The number of aromatic nitrogens is 4. The van der Waals surface area contributed by atoms with Crippen molar-refractivity contribution in [2.24, 2.45) is 11.8 Å². The van der Waals surface area contributed by atoms with Crippen molar-refractivity contribution in [2.45, 2.75) is 76.4 Å². The maximum Gasteiger partial charge on any atom is 0.0923 e. The van der Waals surface area contributed by atoms with Crippen molar-refractivity contribution < 1.29 is 4.74 Å². The van der Waals surface area contributed by atoms with E-state index in [9.17, 15) is 0 Å². The van der Waals surface area contributed by atoms with Gasteiger partial charge in [-0.05, 0) is 50.4 Å². The quantitative estimate of drug-likeness (QED) is 0.611. The molecule has 0 amide bonds. The van der Waals surface area contributed by atoms with E-state index in [1.807, 2.05) is 12.4 Å². The number of hydrogen-bond acceptors (Lipinski definition) is 3. The largest absolute Gasteiger partial charge is 0.375 e. The SMILES string of the molecule is c1nc(CCC(CC2CC2)OC(CCc2c[nH]cn2)CC2CC2)c[nH]1. The third-order valence-electron chi connectivity index (χ3n) is 5.53. The van der Waals surface area contributed by atoms with Crippen molar-refractivity contribution in [3.05, 3.63) is 36.4 Å². The zero-order valence-corrected chi connectivity index (χ0v) is 15.0. The lowest BCUT2D eigenvalue weighted by Gasteiger charge is -2.25. The molecule has 2 atom stereocenters. The molecule has 2 aliphatic rings. The number of aryl methyl sites for hydroxylation is 2. The van der Waals surface area contributed by atoms with Gasteiger partial charge in [-0.1, -0.05) is 25.7 Å². The van der Waals surface area contributed by atoms with Crippen molar-refractivity contribution in [2.75, 3.05) is 0 Å². The molecule has 0 aromatic carbocycles. The first-order valence-corrected chi connectivity index (χ1v) is 9.96. The highest BCUT2D eigenvalue weighted by Crippen LogP contribution is 2.38. The molecule has 0 radical (unpaired) electrons. The summed E-state index contributed by atoms with van der Waals surface area (Å²) in [5.74, 6) is 1.80. The second kappa shape index (κ2) is 8.17. The normalized spacial score (nSPS) is 19.8. The molecule has 2 aromatic rings. The number of nitrogens with one attached hydrogen (secondary N) is 2. The number of ether oxygens (including phenoxy) is 1. The molecule has 2 saturated carbocycles. The summed E-state index contributed by atoms with van der Waals surface area (Å²) in [5, 5.41) is 0. The first kappa shape index (κ1) is 16.8. The number of H-pyrrole nitrogens is 2. The minimum absolute atomic E-state index is 0.382. The van der Waals surface area contributed by atoms with E-state index in [4.69, 9.17) is 4.74 Å². The summed E-state index contributed by atoms with van der Waals surface area (Å²) in [4.78, 5) is 14.8. The number of hydrogen-bond donors (Lipinski definition) is 2. The van der Waals surface area contributed by atoms with E-state index in [-0.39, 0.29) is 0 Å². The van der Waals surface area contributed by atoms with Crippen molar-refractivity contribution in [3.63, 3.8) is 0 Å². The number of nitrogens with zero attached hydrogens (tertiary/aromatic N) is 2. The van der Waals surface area contributed by atoms with Gasteiger partial charge in [0.05, 0.1) is 36.3 Å². The minimum Gasteiger partial charge on any atom is -0.375 e. The minimum atomic E-state index is 0.382. The summed E-state index contributed by atoms with van der Waals surface area (Å²) in [7, 11) is 0. The molecule has 0 saturated heterocycles. The predicted octanol–water partition coefficient (Wildman–Crippen LogP) is 4.05. The van der Waals surface area contributed by atoms with E-state index in [2.05, 4.69) is 19.9 Å². The Labute approximate surface area is 150 Å². The highest BCUT2D eigenvalue weighted by atomic mass is 16.5. The van der Waals surface area contributed by atoms with E-state index in [1.165, 1.54) is 38.5 Å². The van der Waals surface area contributed by atoms with Gasteiger partial charge in [0.15, 0.2) is 0 Å². The van der Waals surface area contributed by atoms with Crippen LogP contribution in [0.15, 0.2) is 25.0 Å². The lowest BCUT2D eigenvalue weighted by Crippen LogP contribution is -2.25. The standard InChI is InChI=1S/C20H30N4O/c1-2-15(1)9-19(7-5-17-11-21-13-23-17)25-20(10-16-3-4-16)8-6-18-12-22-14-24-18/h11-16,19-20H,1-10H2,(H,21,23)(H,22,24). The van der Waals surface area contributed by atoms with Crippen LogP contribution >= 0.6 is 0 Å². The lowest BCUT2D eigenvalue weighted by atomic mass is 10.0. The van der Waals surface area contributed by atoms with Crippen LogP contribution in [-0.4, -0.2) is 32.1 Å². The van der Waals surface area contributed by atoms with Gasteiger partial charge in [0.2, 0.25) is 0 Å². The molecule has 2 fully saturated rings. The van der Waals surface area contributed by atoms with Gasteiger partial charge in [-0.25, -0.2) is 9.97 Å². The van der Waals surface area contributed by atoms with Crippen molar-refractivity contribution >= 4 is 0 Å². The van der Waals surface area contributed by atoms with Crippen LogP contribution in [0.3, 0.4) is 0 Å². The summed E-state index contributed by atoms with van der Waals surface area (Å²) in [6, 6.07) is 0. The van der Waals surface area contributed by atoms with Gasteiger partial charge in [0.25, 0.3) is 0 Å². The molecule has 2 aromatic heterocycles. The Morgan fingerprint density at radius 1 is 0.840 bits per heavy atom. The molecule has 5 heteroatoms. The summed E-state index contributed by atoms with van der Waals surface area (Å²) in [6.45, 7) is 0. The monoisotopic (exact) mass is 342 g/mol. The van der Waals surface area contributed by atoms with Crippen LogP contribution in [0.2, 0.25) is 0 Å². The molecule has 2 N–H and O–H groups in total. The maximum absolute atomic E-state index is 6.67. The van der Waals surface area contributed by atoms with Gasteiger partial charge in [-0.15, -0.1) is 0 Å². The Kier molecular flexibility index (Phi) is 5.50. The van der Waals surface area contributed by atoms with Gasteiger partial charge < -0.3 is 14.7 Å². The molecule has 0 bridgehead atoms. The van der Waals surface area contributed by atoms with Gasteiger partial charge >= 0.3 is 0 Å². The molecule has 2 aliphatic carbocycles. The van der Waals surface area contributed by atoms with E-state index in [0.29, 0.717) is 12.2 Å². The van der Waals surface area contributed by atoms with Crippen LogP contribution in [0.25, 0.3) is 0 Å². The molecule has 5 nitrogen and oxygen atoms in total. The predicted molar refractivity (Wildman–Crippen MR) is 97.2 cm³/mol. The lowest BCUT2D eigenvalue weighted by molar-refractivity contribution is -0.0330. The molecule has 136 valence electrons.